The SMILES string of the molecule is COC1CCC(NS(=O)(=O)N(C)CCCNC(C)C)C1. The largest absolute Gasteiger partial charge is 0.381 e. The van der Waals surface area contributed by atoms with Crippen LogP contribution in [0, 0.1) is 0 Å². The van der Waals surface area contributed by atoms with Gasteiger partial charge in [0.25, 0.3) is 10.2 Å². The molecule has 0 aliphatic heterocycles. The molecule has 0 aromatic rings. The fourth-order valence-electron chi connectivity index (χ4n) is 2.37. The molecule has 6 nitrogen and oxygen atoms in total. The van der Waals surface area contributed by atoms with Crippen molar-refractivity contribution in [2.45, 2.75) is 57.7 Å². The molecule has 1 saturated carbocycles. The molecule has 2 atom stereocenters. The molecule has 2 unspecified atom stereocenters. The molecule has 0 saturated heterocycles. The van der Waals surface area contributed by atoms with Crippen LogP contribution in [0.15, 0.2) is 0 Å². The van der Waals surface area contributed by atoms with E-state index in [2.05, 4.69) is 23.9 Å². The number of nitrogens with zero attached hydrogens (tertiary/aromatic N) is 1. The summed E-state index contributed by atoms with van der Waals surface area (Å²) < 4.78 is 33.8. The van der Waals surface area contributed by atoms with Crippen molar-refractivity contribution in [3.05, 3.63) is 0 Å². The van der Waals surface area contributed by atoms with E-state index in [1.54, 1.807) is 14.2 Å². The molecule has 7 heteroatoms. The lowest BCUT2D eigenvalue weighted by Crippen LogP contribution is -2.43. The average molecular weight is 307 g/mol. The molecule has 120 valence electrons. The molecule has 1 rings (SSSR count). The first-order valence-corrected chi connectivity index (χ1v) is 8.79. The van der Waals surface area contributed by atoms with E-state index in [4.69, 9.17) is 4.74 Å². The van der Waals surface area contributed by atoms with Crippen LogP contribution in [0.4, 0.5) is 0 Å². The second-order valence-electron chi connectivity index (χ2n) is 5.77. The molecule has 1 aliphatic carbocycles. The van der Waals surface area contributed by atoms with Gasteiger partial charge in [-0.05, 0) is 32.2 Å². The van der Waals surface area contributed by atoms with Gasteiger partial charge in [-0.2, -0.15) is 17.4 Å². The van der Waals surface area contributed by atoms with Gasteiger partial charge in [0.05, 0.1) is 6.10 Å². The topological polar surface area (TPSA) is 70.7 Å². The van der Waals surface area contributed by atoms with E-state index >= 15 is 0 Å². The van der Waals surface area contributed by atoms with E-state index in [0.29, 0.717) is 12.6 Å². The van der Waals surface area contributed by atoms with Crippen LogP contribution in [0.25, 0.3) is 0 Å². The summed E-state index contributed by atoms with van der Waals surface area (Å²) in [6.45, 7) is 5.50. The minimum atomic E-state index is -3.38. The maximum absolute atomic E-state index is 12.2. The molecule has 0 radical (unpaired) electrons. The number of rotatable bonds is 9. The quantitative estimate of drug-likeness (QED) is 0.616. The number of hydrogen-bond donors (Lipinski definition) is 2. The van der Waals surface area contributed by atoms with Crippen LogP contribution in [0.5, 0.6) is 0 Å². The minimum absolute atomic E-state index is 0.00110. The molecule has 1 fully saturated rings. The highest BCUT2D eigenvalue weighted by molar-refractivity contribution is 7.87. The van der Waals surface area contributed by atoms with Crippen molar-refractivity contribution in [2.75, 3.05) is 27.2 Å². The van der Waals surface area contributed by atoms with Crippen LogP contribution in [0.3, 0.4) is 0 Å². The van der Waals surface area contributed by atoms with E-state index in [1.165, 1.54) is 4.31 Å². The molecule has 20 heavy (non-hydrogen) atoms. The van der Waals surface area contributed by atoms with Crippen molar-refractivity contribution in [2.24, 2.45) is 0 Å². The Balaban J connectivity index is 2.32. The van der Waals surface area contributed by atoms with E-state index in [1.807, 2.05) is 0 Å². The third-order valence-electron chi connectivity index (χ3n) is 3.65. The highest BCUT2D eigenvalue weighted by Gasteiger charge is 2.29. The molecular formula is C13H29N3O3S. The van der Waals surface area contributed by atoms with E-state index in [9.17, 15) is 8.42 Å². The first-order chi connectivity index (χ1) is 9.35. The van der Waals surface area contributed by atoms with E-state index in [-0.39, 0.29) is 12.1 Å². The Hall–Kier alpha value is -0.210. The molecular weight excluding hydrogens is 278 g/mol. The van der Waals surface area contributed by atoms with Gasteiger partial charge in [0.1, 0.15) is 0 Å². The zero-order valence-corrected chi connectivity index (χ0v) is 13.9. The molecule has 2 N–H and O–H groups in total. The molecule has 0 amide bonds. The van der Waals surface area contributed by atoms with Crippen LogP contribution < -0.4 is 10.0 Å². The second-order valence-corrected chi connectivity index (χ2v) is 7.58. The smallest absolute Gasteiger partial charge is 0.279 e. The first kappa shape index (κ1) is 17.8. The van der Waals surface area contributed by atoms with Crippen molar-refractivity contribution in [3.63, 3.8) is 0 Å². The summed E-state index contributed by atoms with van der Waals surface area (Å²) in [6.07, 6.45) is 3.52. The first-order valence-electron chi connectivity index (χ1n) is 7.35. The van der Waals surface area contributed by atoms with Gasteiger partial charge in [0.15, 0.2) is 0 Å². The van der Waals surface area contributed by atoms with Gasteiger partial charge >= 0.3 is 0 Å². The summed E-state index contributed by atoms with van der Waals surface area (Å²) in [5.41, 5.74) is 0. The number of ether oxygens (including phenoxy) is 1. The summed E-state index contributed by atoms with van der Waals surface area (Å²) in [4.78, 5) is 0. The second kappa shape index (κ2) is 8.29. The fraction of sp³-hybridized carbons (Fsp3) is 1.00. The highest BCUT2D eigenvalue weighted by atomic mass is 32.2. The minimum Gasteiger partial charge on any atom is -0.381 e. The number of methoxy groups -OCH3 is 1. The maximum atomic E-state index is 12.2. The van der Waals surface area contributed by atoms with Crippen LogP contribution in [0.2, 0.25) is 0 Å². The Kier molecular flexibility index (Phi) is 7.39. The Labute approximate surface area is 123 Å². The molecule has 0 aromatic carbocycles. The van der Waals surface area contributed by atoms with Gasteiger partial charge in [0, 0.05) is 32.8 Å². The Morgan fingerprint density at radius 2 is 2.05 bits per heavy atom. The van der Waals surface area contributed by atoms with Crippen molar-refractivity contribution in [1.82, 2.24) is 14.3 Å². The van der Waals surface area contributed by atoms with Crippen molar-refractivity contribution >= 4 is 10.2 Å². The standard InChI is InChI=1S/C13H29N3O3S/c1-11(2)14-8-5-9-16(3)20(17,18)15-12-6-7-13(10-12)19-4/h11-15H,5-10H2,1-4H3. The predicted octanol–water partition coefficient (Wildman–Crippen LogP) is 0.708. The van der Waals surface area contributed by atoms with E-state index < -0.39 is 10.2 Å². The summed E-state index contributed by atoms with van der Waals surface area (Å²) in [6, 6.07) is 0.431. The van der Waals surface area contributed by atoms with Crippen LogP contribution in [0.1, 0.15) is 39.5 Å². The summed E-state index contributed by atoms with van der Waals surface area (Å²) in [5.74, 6) is 0. The summed E-state index contributed by atoms with van der Waals surface area (Å²) >= 11 is 0. The summed E-state index contributed by atoms with van der Waals surface area (Å²) in [5, 5.41) is 3.28. The van der Waals surface area contributed by atoms with Gasteiger partial charge in [-0.15, -0.1) is 0 Å². The monoisotopic (exact) mass is 307 g/mol. The van der Waals surface area contributed by atoms with Gasteiger partial charge in [-0.1, -0.05) is 13.8 Å². The van der Waals surface area contributed by atoms with Crippen LogP contribution in [-0.4, -0.2) is 58.2 Å². The Morgan fingerprint density at radius 3 is 2.60 bits per heavy atom. The predicted molar refractivity (Wildman–Crippen MR) is 80.9 cm³/mol. The molecule has 1 aliphatic rings. The van der Waals surface area contributed by atoms with E-state index in [0.717, 1.165) is 32.2 Å². The normalized spacial score (nSPS) is 23.9. The lowest BCUT2D eigenvalue weighted by atomic mass is 10.3. The Bertz CT molecular complexity index is 373. The number of hydrogen-bond acceptors (Lipinski definition) is 4. The molecule has 0 heterocycles. The molecule has 0 aromatic heterocycles. The zero-order chi connectivity index (χ0) is 15.2. The summed E-state index contributed by atoms with van der Waals surface area (Å²) in [7, 11) is -0.0746. The van der Waals surface area contributed by atoms with Crippen molar-refractivity contribution < 1.29 is 13.2 Å². The van der Waals surface area contributed by atoms with Gasteiger partial charge in [-0.3, -0.25) is 0 Å². The average Bonchev–Trinajstić information content (AvgIpc) is 2.80. The van der Waals surface area contributed by atoms with Crippen molar-refractivity contribution in [3.8, 4) is 0 Å². The number of nitrogens with one attached hydrogen (secondary N) is 2. The van der Waals surface area contributed by atoms with Gasteiger partial charge in [-0.25, -0.2) is 0 Å². The van der Waals surface area contributed by atoms with Gasteiger partial charge in [0.2, 0.25) is 0 Å². The highest BCUT2D eigenvalue weighted by Crippen LogP contribution is 2.22. The molecule has 0 bridgehead atoms. The van der Waals surface area contributed by atoms with Crippen molar-refractivity contribution in [1.29, 1.82) is 0 Å². The lowest BCUT2D eigenvalue weighted by molar-refractivity contribution is 0.107. The Morgan fingerprint density at radius 1 is 1.35 bits per heavy atom. The molecule has 0 spiro atoms. The third kappa shape index (κ3) is 6.05. The van der Waals surface area contributed by atoms with Crippen LogP contribution in [-0.2, 0) is 14.9 Å². The fourth-order valence-corrected chi connectivity index (χ4v) is 3.56. The van der Waals surface area contributed by atoms with Gasteiger partial charge < -0.3 is 10.1 Å². The third-order valence-corrected chi connectivity index (χ3v) is 5.28. The maximum Gasteiger partial charge on any atom is 0.279 e. The van der Waals surface area contributed by atoms with Crippen LogP contribution >= 0.6 is 0 Å². The lowest BCUT2D eigenvalue weighted by Gasteiger charge is -2.21. The zero-order valence-electron chi connectivity index (χ0n) is 13.1.